The molecule has 0 spiro atoms. The van der Waals surface area contributed by atoms with E-state index < -0.39 is 14.6 Å². The van der Waals surface area contributed by atoms with Gasteiger partial charge in [0.2, 0.25) is 5.91 Å². The molecule has 1 saturated carbocycles. The van der Waals surface area contributed by atoms with Crippen LogP contribution in [0.5, 0.6) is 0 Å². The van der Waals surface area contributed by atoms with Gasteiger partial charge < -0.3 is 4.90 Å². The third-order valence-electron chi connectivity index (χ3n) is 7.86. The van der Waals surface area contributed by atoms with Crippen molar-refractivity contribution in [1.82, 2.24) is 9.80 Å². The molecule has 36 heavy (non-hydrogen) atoms. The van der Waals surface area contributed by atoms with Crippen molar-refractivity contribution in [2.75, 3.05) is 19.6 Å². The van der Waals surface area contributed by atoms with Crippen LogP contribution in [-0.4, -0.2) is 60.3 Å². The predicted molar refractivity (Wildman–Crippen MR) is 134 cm³/mol. The molecule has 0 unspecified atom stereocenters. The summed E-state index contributed by atoms with van der Waals surface area (Å²) in [4.78, 5) is 43.0. The van der Waals surface area contributed by atoms with Crippen molar-refractivity contribution in [3.8, 4) is 0 Å². The molecular formula is C28H26N2O5S. The zero-order valence-corrected chi connectivity index (χ0v) is 20.5. The number of sulfone groups is 1. The molecule has 2 heterocycles. The molecule has 1 saturated heterocycles. The topological polar surface area (TPSA) is 91.8 Å². The first-order chi connectivity index (χ1) is 17.3. The number of hydrogen-bond donors (Lipinski definition) is 0. The molecule has 6 rings (SSSR count). The van der Waals surface area contributed by atoms with Gasteiger partial charge in [-0.05, 0) is 61.3 Å². The van der Waals surface area contributed by atoms with Gasteiger partial charge in [0.15, 0.2) is 14.6 Å². The molecule has 7 nitrogen and oxygen atoms in total. The molecule has 0 N–H and O–H groups in total. The third kappa shape index (κ3) is 3.38. The number of imide groups is 1. The van der Waals surface area contributed by atoms with Gasteiger partial charge in [-0.25, -0.2) is 8.42 Å². The molecule has 0 radical (unpaired) electrons. The van der Waals surface area contributed by atoms with Crippen molar-refractivity contribution in [1.29, 1.82) is 0 Å². The number of benzene rings is 3. The normalized spacial score (nSPS) is 19.6. The fourth-order valence-electron chi connectivity index (χ4n) is 5.65. The lowest BCUT2D eigenvalue weighted by atomic mass is 9.91. The molecule has 2 fully saturated rings. The zero-order valence-electron chi connectivity index (χ0n) is 19.7. The van der Waals surface area contributed by atoms with Crippen LogP contribution in [0.25, 0.3) is 10.8 Å². The summed E-state index contributed by atoms with van der Waals surface area (Å²) in [5.41, 5.74) is 1.08. The van der Waals surface area contributed by atoms with Crippen LogP contribution in [0.3, 0.4) is 0 Å². The average Bonchev–Trinajstić information content (AvgIpc) is 3.73. The van der Waals surface area contributed by atoms with Crippen LogP contribution in [0.1, 0.15) is 46.4 Å². The van der Waals surface area contributed by atoms with Crippen molar-refractivity contribution in [3.05, 3.63) is 77.9 Å². The van der Waals surface area contributed by atoms with Crippen LogP contribution >= 0.6 is 0 Å². The van der Waals surface area contributed by atoms with E-state index in [1.807, 2.05) is 24.3 Å². The highest BCUT2D eigenvalue weighted by Gasteiger charge is 2.62. The molecule has 3 amide bonds. The minimum Gasteiger partial charge on any atom is -0.341 e. The highest BCUT2D eigenvalue weighted by molar-refractivity contribution is 7.94. The van der Waals surface area contributed by atoms with Crippen LogP contribution in [-0.2, 0) is 14.6 Å². The summed E-state index contributed by atoms with van der Waals surface area (Å²) >= 11 is 0. The van der Waals surface area contributed by atoms with Crippen LogP contribution in [0.2, 0.25) is 0 Å². The van der Waals surface area contributed by atoms with E-state index in [4.69, 9.17) is 0 Å². The lowest BCUT2D eigenvalue weighted by molar-refractivity contribution is -0.133. The second-order valence-corrected chi connectivity index (χ2v) is 12.2. The van der Waals surface area contributed by atoms with Crippen molar-refractivity contribution < 1.29 is 22.8 Å². The molecule has 3 aromatic carbocycles. The Labute approximate surface area is 209 Å². The number of amides is 3. The number of carbonyl (C=O) groups is 3. The number of nitrogens with zero attached hydrogens (tertiary/aromatic N) is 2. The van der Waals surface area contributed by atoms with E-state index >= 15 is 0 Å². The summed E-state index contributed by atoms with van der Waals surface area (Å²) in [5.74, 6) is -0.842. The Morgan fingerprint density at radius 2 is 1.42 bits per heavy atom. The van der Waals surface area contributed by atoms with E-state index in [-0.39, 0.29) is 35.1 Å². The zero-order chi connectivity index (χ0) is 25.1. The minimum atomic E-state index is -3.76. The Bertz CT molecular complexity index is 1450. The number of likely N-dealkylation sites (tertiary alicyclic amines) is 1. The maximum Gasteiger partial charge on any atom is 0.261 e. The molecule has 3 aliphatic rings. The molecule has 0 atom stereocenters. The van der Waals surface area contributed by atoms with E-state index in [1.165, 1.54) is 4.90 Å². The van der Waals surface area contributed by atoms with Gasteiger partial charge >= 0.3 is 0 Å². The van der Waals surface area contributed by atoms with E-state index in [2.05, 4.69) is 0 Å². The molecule has 8 heteroatoms. The summed E-state index contributed by atoms with van der Waals surface area (Å²) in [6.07, 6.45) is 1.89. The Kier molecular flexibility index (Phi) is 5.26. The molecule has 0 bridgehead atoms. The van der Waals surface area contributed by atoms with Gasteiger partial charge in [0, 0.05) is 36.1 Å². The van der Waals surface area contributed by atoms with E-state index in [0.29, 0.717) is 55.3 Å². The smallest absolute Gasteiger partial charge is 0.261 e. The molecule has 0 aromatic heterocycles. The van der Waals surface area contributed by atoms with Gasteiger partial charge in [0.25, 0.3) is 11.8 Å². The van der Waals surface area contributed by atoms with Gasteiger partial charge in [-0.15, -0.1) is 0 Å². The minimum absolute atomic E-state index is 0.0484. The molecule has 184 valence electrons. The van der Waals surface area contributed by atoms with Crippen LogP contribution < -0.4 is 0 Å². The highest BCUT2D eigenvalue weighted by Crippen LogP contribution is 2.48. The Hall–Kier alpha value is -3.52. The Balaban J connectivity index is 1.15. The molecule has 3 aromatic rings. The highest BCUT2D eigenvalue weighted by atomic mass is 32.2. The largest absolute Gasteiger partial charge is 0.341 e. The fourth-order valence-corrected chi connectivity index (χ4v) is 7.61. The van der Waals surface area contributed by atoms with Gasteiger partial charge in [-0.2, -0.15) is 0 Å². The lowest BCUT2D eigenvalue weighted by Gasteiger charge is -2.36. The van der Waals surface area contributed by atoms with Crippen LogP contribution in [0, 0.1) is 5.92 Å². The van der Waals surface area contributed by atoms with E-state index in [1.54, 1.807) is 47.4 Å². The van der Waals surface area contributed by atoms with E-state index in [9.17, 15) is 22.8 Å². The standard InChI is InChI=1S/C28H26N2O5S/c31-25-22-10-4-6-20-7-5-11-23(24(20)22)26(32)30(25)18-19-12-16-29(17-13-19)27(33)28(14-15-28)36(34,35)21-8-2-1-3-9-21/h1-11,19H,12-18H2. The van der Waals surface area contributed by atoms with Crippen molar-refractivity contribution in [2.24, 2.45) is 5.92 Å². The van der Waals surface area contributed by atoms with Gasteiger partial charge in [0.05, 0.1) is 4.90 Å². The summed E-state index contributed by atoms with van der Waals surface area (Å²) in [6.45, 7) is 1.12. The molecule has 1 aliphatic carbocycles. The van der Waals surface area contributed by atoms with E-state index in [0.717, 1.165) is 5.39 Å². The third-order valence-corrected chi connectivity index (χ3v) is 10.4. The van der Waals surface area contributed by atoms with Crippen molar-refractivity contribution >= 4 is 38.3 Å². The fraction of sp³-hybridized carbons (Fsp3) is 0.321. The quantitative estimate of drug-likeness (QED) is 0.497. The Morgan fingerprint density at radius 1 is 0.833 bits per heavy atom. The van der Waals surface area contributed by atoms with Gasteiger partial charge in [-0.3, -0.25) is 19.3 Å². The SMILES string of the molecule is O=C1c2cccc3cccc(c23)C(=O)N1CC1CCN(C(=O)C2(S(=O)(=O)c3ccccc3)CC2)CC1. The van der Waals surface area contributed by atoms with Gasteiger partial charge in [-0.1, -0.05) is 42.5 Å². The predicted octanol–water partition coefficient (Wildman–Crippen LogP) is 3.68. The molecular weight excluding hydrogens is 476 g/mol. The summed E-state index contributed by atoms with van der Waals surface area (Å²) < 4.78 is 25.1. The molecule has 2 aliphatic heterocycles. The van der Waals surface area contributed by atoms with Gasteiger partial charge in [0.1, 0.15) is 0 Å². The Morgan fingerprint density at radius 3 is 1.97 bits per heavy atom. The number of rotatable bonds is 5. The lowest BCUT2D eigenvalue weighted by Crippen LogP contribution is -2.50. The van der Waals surface area contributed by atoms with Crippen molar-refractivity contribution in [2.45, 2.75) is 35.3 Å². The number of carbonyl (C=O) groups excluding carboxylic acids is 3. The average molecular weight is 503 g/mol. The first-order valence-corrected chi connectivity index (χ1v) is 13.8. The monoisotopic (exact) mass is 502 g/mol. The first kappa shape index (κ1) is 22.9. The number of piperidine rings is 1. The summed E-state index contributed by atoms with van der Waals surface area (Å²) in [7, 11) is -3.76. The first-order valence-electron chi connectivity index (χ1n) is 12.3. The number of hydrogen-bond acceptors (Lipinski definition) is 5. The summed E-state index contributed by atoms with van der Waals surface area (Å²) in [6, 6.07) is 19.1. The van der Waals surface area contributed by atoms with Crippen LogP contribution in [0.15, 0.2) is 71.6 Å². The maximum absolute atomic E-state index is 13.4. The second-order valence-electron chi connectivity index (χ2n) is 9.98. The van der Waals surface area contributed by atoms with Crippen LogP contribution in [0.4, 0.5) is 0 Å². The van der Waals surface area contributed by atoms with Crippen molar-refractivity contribution in [3.63, 3.8) is 0 Å². The summed E-state index contributed by atoms with van der Waals surface area (Å²) in [5, 5.41) is 1.58. The second kappa shape index (κ2) is 8.27. The maximum atomic E-state index is 13.4.